The Kier molecular flexibility index (Phi) is 2.40. The number of rotatable bonds is 2. The van der Waals surface area contributed by atoms with Crippen LogP contribution in [0.25, 0.3) is 10.8 Å². The number of fused-ring (bicyclic) bond motifs is 1. The van der Waals surface area contributed by atoms with Gasteiger partial charge in [-0.15, -0.1) is 0 Å². The van der Waals surface area contributed by atoms with E-state index in [1.165, 1.54) is 0 Å². The number of hydrogen-bond donors (Lipinski definition) is 1. The molecule has 0 aromatic heterocycles. The fourth-order valence-electron chi connectivity index (χ4n) is 2.40. The van der Waals surface area contributed by atoms with E-state index in [-0.39, 0.29) is 5.75 Å². The largest absolute Gasteiger partial charge is 0.508 e. The topological polar surface area (TPSA) is 49.7 Å². The summed E-state index contributed by atoms with van der Waals surface area (Å²) in [6, 6.07) is 8.89. The van der Waals surface area contributed by atoms with Gasteiger partial charge in [0.2, 0.25) is 6.08 Å². The SMILES string of the molecule is O=C=NC1(c2c(O)ccc3cc(Cl)ccc23)CC1. The number of hydrogen-bond acceptors (Lipinski definition) is 3. The predicted octanol–water partition coefficient (Wildman–Crippen LogP) is 3.52. The smallest absolute Gasteiger partial charge is 0.235 e. The Balaban J connectivity index is 2.34. The normalized spacial score (nSPS) is 16.3. The molecule has 0 unspecified atom stereocenters. The predicted molar refractivity (Wildman–Crippen MR) is 69.7 cm³/mol. The third-order valence-corrected chi connectivity index (χ3v) is 3.64. The van der Waals surface area contributed by atoms with Gasteiger partial charge >= 0.3 is 0 Å². The zero-order chi connectivity index (χ0) is 12.8. The van der Waals surface area contributed by atoms with Crippen molar-refractivity contribution in [1.82, 2.24) is 0 Å². The molecular formula is C14H10ClNO2. The summed E-state index contributed by atoms with van der Waals surface area (Å²) in [5.74, 6) is 0.168. The van der Waals surface area contributed by atoms with E-state index in [2.05, 4.69) is 4.99 Å². The number of carbonyl (C=O) groups excluding carboxylic acids is 1. The fourth-order valence-corrected chi connectivity index (χ4v) is 2.58. The third-order valence-electron chi connectivity index (χ3n) is 3.41. The highest BCUT2D eigenvalue weighted by atomic mass is 35.5. The minimum absolute atomic E-state index is 0.168. The van der Waals surface area contributed by atoms with Crippen LogP contribution in [-0.4, -0.2) is 11.2 Å². The molecule has 0 spiro atoms. The van der Waals surface area contributed by atoms with Gasteiger partial charge in [-0.25, -0.2) is 4.79 Å². The van der Waals surface area contributed by atoms with Crippen molar-refractivity contribution in [3.05, 3.63) is 40.9 Å². The molecule has 0 radical (unpaired) electrons. The van der Waals surface area contributed by atoms with Crippen LogP contribution in [0.3, 0.4) is 0 Å². The van der Waals surface area contributed by atoms with Crippen molar-refractivity contribution in [2.45, 2.75) is 18.4 Å². The average Bonchev–Trinajstić information content (AvgIpc) is 3.10. The third kappa shape index (κ3) is 1.60. The quantitative estimate of drug-likeness (QED) is 0.663. The molecule has 2 aromatic rings. The maximum absolute atomic E-state index is 10.5. The summed E-state index contributed by atoms with van der Waals surface area (Å²) >= 11 is 5.95. The molecule has 1 saturated carbocycles. The lowest BCUT2D eigenvalue weighted by molar-refractivity contribution is 0.461. The summed E-state index contributed by atoms with van der Waals surface area (Å²) < 4.78 is 0. The summed E-state index contributed by atoms with van der Waals surface area (Å²) in [4.78, 5) is 14.4. The first-order valence-electron chi connectivity index (χ1n) is 5.67. The molecule has 0 bridgehead atoms. The van der Waals surface area contributed by atoms with Crippen LogP contribution in [0.5, 0.6) is 5.75 Å². The first-order chi connectivity index (χ1) is 8.66. The van der Waals surface area contributed by atoms with Crippen molar-refractivity contribution in [3.8, 4) is 5.75 Å². The number of aliphatic imine (C=N–C) groups is 1. The first kappa shape index (κ1) is 11.3. The highest BCUT2D eigenvalue weighted by molar-refractivity contribution is 6.31. The van der Waals surface area contributed by atoms with Gasteiger partial charge in [0, 0.05) is 10.6 Å². The van der Waals surface area contributed by atoms with Gasteiger partial charge in [0.25, 0.3) is 0 Å². The average molecular weight is 260 g/mol. The maximum Gasteiger partial charge on any atom is 0.235 e. The molecule has 0 atom stereocenters. The van der Waals surface area contributed by atoms with Crippen LogP contribution in [0.2, 0.25) is 5.02 Å². The second kappa shape index (κ2) is 3.84. The summed E-state index contributed by atoms with van der Waals surface area (Å²) in [7, 11) is 0. The van der Waals surface area contributed by atoms with Gasteiger partial charge in [-0.05, 0) is 41.8 Å². The molecule has 90 valence electrons. The molecule has 0 heterocycles. The summed E-state index contributed by atoms with van der Waals surface area (Å²) in [5, 5.41) is 12.5. The number of isocyanates is 1. The van der Waals surface area contributed by atoms with Crippen molar-refractivity contribution in [3.63, 3.8) is 0 Å². The van der Waals surface area contributed by atoms with E-state index < -0.39 is 5.54 Å². The molecule has 0 saturated heterocycles. The van der Waals surface area contributed by atoms with Crippen LogP contribution in [0.15, 0.2) is 35.3 Å². The molecule has 3 rings (SSSR count). The number of benzene rings is 2. The van der Waals surface area contributed by atoms with Crippen LogP contribution in [-0.2, 0) is 10.3 Å². The molecule has 1 N–H and O–H groups in total. The van der Waals surface area contributed by atoms with Gasteiger partial charge in [0.1, 0.15) is 11.3 Å². The van der Waals surface area contributed by atoms with Crippen molar-refractivity contribution in [2.75, 3.05) is 0 Å². The summed E-state index contributed by atoms with van der Waals surface area (Å²) in [6.07, 6.45) is 3.13. The Bertz CT molecular complexity index is 685. The lowest BCUT2D eigenvalue weighted by Crippen LogP contribution is -2.03. The van der Waals surface area contributed by atoms with Gasteiger partial charge < -0.3 is 5.11 Å². The van der Waals surface area contributed by atoms with E-state index in [4.69, 9.17) is 11.6 Å². The van der Waals surface area contributed by atoms with Crippen molar-refractivity contribution < 1.29 is 9.90 Å². The molecule has 0 amide bonds. The lowest BCUT2D eigenvalue weighted by Gasteiger charge is -2.14. The monoisotopic (exact) mass is 259 g/mol. The minimum atomic E-state index is -0.584. The zero-order valence-corrected chi connectivity index (χ0v) is 10.2. The number of phenols is 1. The summed E-state index contributed by atoms with van der Waals surface area (Å²) in [5.41, 5.74) is 0.124. The Morgan fingerprint density at radius 1 is 1.28 bits per heavy atom. The van der Waals surface area contributed by atoms with Crippen LogP contribution in [0.1, 0.15) is 18.4 Å². The summed E-state index contributed by atoms with van der Waals surface area (Å²) in [6.45, 7) is 0. The molecular weight excluding hydrogens is 250 g/mol. The van der Waals surface area contributed by atoms with Crippen molar-refractivity contribution >= 4 is 28.5 Å². The van der Waals surface area contributed by atoms with E-state index in [0.717, 1.165) is 23.6 Å². The molecule has 2 aromatic carbocycles. The first-order valence-corrected chi connectivity index (χ1v) is 6.05. The van der Waals surface area contributed by atoms with Crippen LogP contribution in [0, 0.1) is 0 Å². The Morgan fingerprint density at radius 3 is 2.72 bits per heavy atom. The molecule has 1 aliphatic carbocycles. The maximum atomic E-state index is 10.5. The number of aromatic hydroxyl groups is 1. The number of halogens is 1. The van der Waals surface area contributed by atoms with Crippen LogP contribution >= 0.6 is 11.6 Å². The second-order valence-electron chi connectivity index (χ2n) is 4.56. The van der Waals surface area contributed by atoms with E-state index in [1.54, 1.807) is 24.3 Å². The lowest BCUT2D eigenvalue weighted by atomic mass is 9.96. The molecule has 0 aliphatic heterocycles. The van der Waals surface area contributed by atoms with Gasteiger partial charge in [0.15, 0.2) is 0 Å². The van der Waals surface area contributed by atoms with Gasteiger partial charge in [-0.1, -0.05) is 23.7 Å². The van der Waals surface area contributed by atoms with E-state index in [9.17, 15) is 9.90 Å². The Morgan fingerprint density at radius 2 is 2.06 bits per heavy atom. The van der Waals surface area contributed by atoms with Crippen LogP contribution in [0.4, 0.5) is 0 Å². The number of phenolic OH excluding ortho intramolecular Hbond substituents is 1. The Labute approximate surface area is 109 Å². The van der Waals surface area contributed by atoms with Gasteiger partial charge in [-0.2, -0.15) is 4.99 Å². The molecule has 1 aliphatic rings. The second-order valence-corrected chi connectivity index (χ2v) is 5.00. The van der Waals surface area contributed by atoms with E-state index in [1.807, 2.05) is 12.1 Å². The van der Waals surface area contributed by atoms with Gasteiger partial charge in [-0.3, -0.25) is 0 Å². The Hall–Kier alpha value is -1.83. The fraction of sp³-hybridized carbons (Fsp3) is 0.214. The number of nitrogens with zero attached hydrogens (tertiary/aromatic N) is 1. The van der Waals surface area contributed by atoms with Crippen molar-refractivity contribution in [2.24, 2.45) is 4.99 Å². The van der Waals surface area contributed by atoms with Crippen molar-refractivity contribution in [1.29, 1.82) is 0 Å². The minimum Gasteiger partial charge on any atom is -0.508 e. The molecule has 4 heteroatoms. The van der Waals surface area contributed by atoms with Gasteiger partial charge in [0.05, 0.1) is 0 Å². The molecule has 18 heavy (non-hydrogen) atoms. The van der Waals surface area contributed by atoms with E-state index >= 15 is 0 Å². The zero-order valence-electron chi connectivity index (χ0n) is 9.48. The van der Waals surface area contributed by atoms with Crippen LogP contribution < -0.4 is 0 Å². The van der Waals surface area contributed by atoms with E-state index in [0.29, 0.717) is 10.6 Å². The highest BCUT2D eigenvalue weighted by Gasteiger charge is 2.47. The molecule has 3 nitrogen and oxygen atoms in total. The standard InChI is InChI=1S/C14H10ClNO2/c15-10-2-3-11-9(7-10)1-4-12(18)13(11)14(5-6-14)16-8-17/h1-4,7,18H,5-6H2. The highest BCUT2D eigenvalue weighted by Crippen LogP contribution is 2.54. The molecule has 1 fully saturated rings.